The molecule has 0 saturated heterocycles. The van der Waals surface area contributed by atoms with Crippen LogP contribution >= 0.6 is 0 Å². The van der Waals surface area contributed by atoms with Crippen molar-refractivity contribution < 1.29 is 5.11 Å². The molecule has 0 aliphatic rings. The Morgan fingerprint density at radius 3 is 2.69 bits per heavy atom. The minimum atomic E-state index is -0.623. The smallest absolute Gasteiger partial charge is 0.137 e. The molecule has 0 radical (unpaired) electrons. The van der Waals surface area contributed by atoms with E-state index >= 15 is 0 Å². The Balaban J connectivity index is 2.58. The minimum absolute atomic E-state index is 0.539. The van der Waals surface area contributed by atoms with Crippen LogP contribution in [0, 0.1) is 0 Å². The van der Waals surface area contributed by atoms with E-state index in [2.05, 4.69) is 17.0 Å². The number of hydrogen-bond acceptors (Lipinski definition) is 3. The van der Waals surface area contributed by atoms with Gasteiger partial charge in [-0.05, 0) is 12.8 Å². The van der Waals surface area contributed by atoms with Crippen molar-refractivity contribution in [1.29, 1.82) is 0 Å². The van der Waals surface area contributed by atoms with Crippen LogP contribution in [0.2, 0.25) is 0 Å². The lowest BCUT2D eigenvalue weighted by atomic mass is 9.95. The molecule has 0 aromatic carbocycles. The number of nitrogens with zero attached hydrogens (tertiary/aromatic N) is 3. The molecule has 0 amide bonds. The van der Waals surface area contributed by atoms with Gasteiger partial charge in [-0.2, -0.15) is 5.10 Å². The first-order chi connectivity index (χ1) is 6.20. The third kappa shape index (κ3) is 2.81. The van der Waals surface area contributed by atoms with Crippen LogP contribution in [-0.2, 0) is 6.54 Å². The predicted octanol–water partition coefficient (Wildman–Crippen LogP) is 1.22. The van der Waals surface area contributed by atoms with Crippen molar-refractivity contribution in [3.63, 3.8) is 0 Å². The molecule has 4 heteroatoms. The molecule has 0 spiro atoms. The van der Waals surface area contributed by atoms with Crippen LogP contribution in [0.3, 0.4) is 0 Å². The molecule has 0 aliphatic carbocycles. The maximum Gasteiger partial charge on any atom is 0.137 e. The second-order valence-electron chi connectivity index (χ2n) is 3.42. The van der Waals surface area contributed by atoms with Crippen LogP contribution in [0.25, 0.3) is 0 Å². The van der Waals surface area contributed by atoms with E-state index in [0.29, 0.717) is 6.54 Å². The first-order valence-electron chi connectivity index (χ1n) is 4.75. The van der Waals surface area contributed by atoms with Crippen LogP contribution in [-0.4, -0.2) is 25.5 Å². The summed E-state index contributed by atoms with van der Waals surface area (Å²) in [4.78, 5) is 3.84. The molecular formula is C9H17N3O. The van der Waals surface area contributed by atoms with Gasteiger partial charge in [-0.15, -0.1) is 0 Å². The summed E-state index contributed by atoms with van der Waals surface area (Å²) < 4.78 is 1.68. The number of rotatable bonds is 5. The van der Waals surface area contributed by atoms with Crippen LogP contribution in [0.15, 0.2) is 12.7 Å². The highest BCUT2D eigenvalue weighted by Crippen LogP contribution is 2.18. The summed E-state index contributed by atoms with van der Waals surface area (Å²) in [5, 5.41) is 14.1. The summed E-state index contributed by atoms with van der Waals surface area (Å²) in [7, 11) is 0. The second kappa shape index (κ2) is 4.37. The largest absolute Gasteiger partial charge is 0.388 e. The molecule has 0 aliphatic heterocycles. The fraction of sp³-hybridized carbons (Fsp3) is 0.778. The molecular weight excluding hydrogens is 166 g/mol. The topological polar surface area (TPSA) is 50.9 Å². The first-order valence-corrected chi connectivity index (χ1v) is 4.75. The lowest BCUT2D eigenvalue weighted by molar-refractivity contribution is 0.00660. The molecule has 74 valence electrons. The fourth-order valence-corrected chi connectivity index (χ4v) is 1.45. The highest BCUT2D eigenvalue weighted by Gasteiger charge is 2.24. The van der Waals surface area contributed by atoms with Crippen LogP contribution in [0.5, 0.6) is 0 Å². The first kappa shape index (κ1) is 10.2. The Bertz CT molecular complexity index is 235. The second-order valence-corrected chi connectivity index (χ2v) is 3.42. The van der Waals surface area contributed by atoms with Gasteiger partial charge in [-0.1, -0.05) is 20.3 Å². The van der Waals surface area contributed by atoms with Gasteiger partial charge in [0, 0.05) is 0 Å². The molecule has 13 heavy (non-hydrogen) atoms. The Hall–Kier alpha value is -0.900. The van der Waals surface area contributed by atoms with Crippen molar-refractivity contribution in [1.82, 2.24) is 14.8 Å². The van der Waals surface area contributed by atoms with Gasteiger partial charge < -0.3 is 5.11 Å². The van der Waals surface area contributed by atoms with Crippen molar-refractivity contribution in [2.75, 3.05) is 0 Å². The van der Waals surface area contributed by atoms with Gasteiger partial charge >= 0.3 is 0 Å². The van der Waals surface area contributed by atoms with E-state index < -0.39 is 5.60 Å². The highest BCUT2D eigenvalue weighted by atomic mass is 16.3. The van der Waals surface area contributed by atoms with Gasteiger partial charge in [0.2, 0.25) is 0 Å². The van der Waals surface area contributed by atoms with Gasteiger partial charge in [-0.25, -0.2) is 4.98 Å². The Kier molecular flexibility index (Phi) is 3.42. The van der Waals surface area contributed by atoms with E-state index in [4.69, 9.17) is 0 Å². The molecule has 1 unspecified atom stereocenters. The summed E-state index contributed by atoms with van der Waals surface area (Å²) in [5.74, 6) is 0. The highest BCUT2D eigenvalue weighted by molar-refractivity contribution is 4.76. The van der Waals surface area contributed by atoms with Gasteiger partial charge in [-0.3, -0.25) is 4.68 Å². The summed E-state index contributed by atoms with van der Waals surface area (Å²) in [6, 6.07) is 0. The molecule has 1 aromatic rings. The molecule has 0 saturated carbocycles. The Morgan fingerprint density at radius 1 is 1.46 bits per heavy atom. The molecule has 1 rings (SSSR count). The van der Waals surface area contributed by atoms with Gasteiger partial charge in [0.1, 0.15) is 12.7 Å². The zero-order valence-corrected chi connectivity index (χ0v) is 8.27. The standard InChI is InChI=1S/C9H17N3O/c1-3-5-9(13,4-2)6-12-8-10-7-11-12/h7-8,13H,3-6H2,1-2H3. The molecule has 0 fully saturated rings. The minimum Gasteiger partial charge on any atom is -0.388 e. The van der Waals surface area contributed by atoms with Gasteiger partial charge in [0.15, 0.2) is 0 Å². The molecule has 1 N–H and O–H groups in total. The normalized spacial score (nSPS) is 15.6. The number of aliphatic hydroxyl groups is 1. The van der Waals surface area contributed by atoms with Crippen LogP contribution in [0.1, 0.15) is 33.1 Å². The molecule has 1 atom stereocenters. The van der Waals surface area contributed by atoms with Crippen molar-refractivity contribution in [2.24, 2.45) is 0 Å². The van der Waals surface area contributed by atoms with Crippen molar-refractivity contribution in [3.05, 3.63) is 12.7 Å². The molecule has 1 aromatic heterocycles. The zero-order chi connectivity index (χ0) is 9.73. The maximum absolute atomic E-state index is 10.1. The van der Waals surface area contributed by atoms with E-state index in [1.54, 1.807) is 11.0 Å². The molecule has 4 nitrogen and oxygen atoms in total. The Morgan fingerprint density at radius 2 is 2.23 bits per heavy atom. The number of aromatic nitrogens is 3. The van der Waals surface area contributed by atoms with Gasteiger partial charge in [0.25, 0.3) is 0 Å². The zero-order valence-electron chi connectivity index (χ0n) is 8.27. The van der Waals surface area contributed by atoms with Crippen LogP contribution in [0.4, 0.5) is 0 Å². The monoisotopic (exact) mass is 183 g/mol. The van der Waals surface area contributed by atoms with Gasteiger partial charge in [0.05, 0.1) is 12.1 Å². The van der Waals surface area contributed by atoms with Crippen molar-refractivity contribution in [2.45, 2.75) is 45.3 Å². The van der Waals surface area contributed by atoms with E-state index in [-0.39, 0.29) is 0 Å². The summed E-state index contributed by atoms with van der Waals surface area (Å²) in [6.07, 6.45) is 5.67. The molecule has 1 heterocycles. The summed E-state index contributed by atoms with van der Waals surface area (Å²) in [6.45, 7) is 4.60. The quantitative estimate of drug-likeness (QED) is 0.746. The van der Waals surface area contributed by atoms with Crippen molar-refractivity contribution >= 4 is 0 Å². The average molecular weight is 183 g/mol. The van der Waals surface area contributed by atoms with E-state index in [1.807, 2.05) is 6.92 Å². The average Bonchev–Trinajstić information content (AvgIpc) is 2.57. The summed E-state index contributed by atoms with van der Waals surface area (Å²) >= 11 is 0. The summed E-state index contributed by atoms with van der Waals surface area (Å²) in [5.41, 5.74) is -0.623. The fourth-order valence-electron chi connectivity index (χ4n) is 1.45. The predicted molar refractivity (Wildman–Crippen MR) is 50.2 cm³/mol. The van der Waals surface area contributed by atoms with Crippen LogP contribution < -0.4 is 0 Å². The maximum atomic E-state index is 10.1. The lowest BCUT2D eigenvalue weighted by Crippen LogP contribution is -2.33. The third-order valence-corrected chi connectivity index (χ3v) is 2.30. The van der Waals surface area contributed by atoms with Crippen molar-refractivity contribution in [3.8, 4) is 0 Å². The van der Waals surface area contributed by atoms with E-state index in [1.165, 1.54) is 6.33 Å². The Labute approximate surface area is 78.6 Å². The lowest BCUT2D eigenvalue weighted by Gasteiger charge is -2.25. The SMILES string of the molecule is CCCC(O)(CC)Cn1cncn1. The van der Waals surface area contributed by atoms with E-state index in [0.717, 1.165) is 19.3 Å². The third-order valence-electron chi connectivity index (χ3n) is 2.30. The van der Waals surface area contributed by atoms with E-state index in [9.17, 15) is 5.11 Å². The number of hydrogen-bond donors (Lipinski definition) is 1. The molecule has 0 bridgehead atoms.